The van der Waals surface area contributed by atoms with Gasteiger partial charge in [-0.1, -0.05) is 51.2 Å². The third-order valence-corrected chi connectivity index (χ3v) is 6.15. The molecule has 1 aliphatic rings. The van der Waals surface area contributed by atoms with Gasteiger partial charge in [-0.2, -0.15) is 11.8 Å². The monoisotopic (exact) mass is 367 g/mol. The van der Waals surface area contributed by atoms with Crippen molar-refractivity contribution in [3.05, 3.63) is 35.4 Å². The lowest BCUT2D eigenvalue weighted by Crippen LogP contribution is -2.36. The molecule has 3 nitrogen and oxygen atoms in total. The number of thioether (sulfide) groups is 1. The molecule has 5 heteroatoms. The Morgan fingerprint density at radius 2 is 1.58 bits per heavy atom. The zero-order chi connectivity index (χ0) is 17.4. The lowest BCUT2D eigenvalue weighted by molar-refractivity contribution is 0.0656. The first-order valence-electron chi connectivity index (χ1n) is 8.81. The molecule has 0 aliphatic carbocycles. The molecular formula is C19H26ClNO2S. The van der Waals surface area contributed by atoms with Crippen molar-refractivity contribution in [1.82, 2.24) is 4.90 Å². The maximum Gasteiger partial charge on any atom is 0.261 e. The van der Waals surface area contributed by atoms with E-state index in [9.17, 15) is 9.59 Å². The quantitative estimate of drug-likeness (QED) is 0.314. The van der Waals surface area contributed by atoms with Crippen molar-refractivity contribution in [1.29, 1.82) is 0 Å². The number of rotatable bonds is 11. The number of hydrogen-bond acceptors (Lipinski definition) is 3. The molecule has 2 amide bonds. The summed E-state index contributed by atoms with van der Waals surface area (Å²) in [5.74, 6) is 1.11. The Kier molecular flexibility index (Phi) is 8.13. The molecule has 2 rings (SSSR count). The van der Waals surface area contributed by atoms with Gasteiger partial charge >= 0.3 is 0 Å². The van der Waals surface area contributed by atoms with Gasteiger partial charge in [0.15, 0.2) is 0 Å². The summed E-state index contributed by atoms with van der Waals surface area (Å²) in [7, 11) is 0. The van der Waals surface area contributed by atoms with Crippen LogP contribution in [0, 0.1) is 0 Å². The Hall–Kier alpha value is -1.00. The summed E-state index contributed by atoms with van der Waals surface area (Å²) in [6, 6.07) is 7.02. The summed E-state index contributed by atoms with van der Waals surface area (Å²) in [6.07, 6.45) is 7.60. The SMILES string of the molecule is CCCCCCCCSC(CCl)CN1C(=O)c2ccccc2C1=O. The van der Waals surface area contributed by atoms with Gasteiger partial charge in [0.1, 0.15) is 0 Å². The van der Waals surface area contributed by atoms with Gasteiger partial charge in [-0.3, -0.25) is 14.5 Å². The van der Waals surface area contributed by atoms with E-state index in [4.69, 9.17) is 11.6 Å². The molecule has 1 unspecified atom stereocenters. The van der Waals surface area contributed by atoms with Gasteiger partial charge in [-0.25, -0.2) is 0 Å². The third kappa shape index (κ3) is 5.00. The van der Waals surface area contributed by atoms with Crippen LogP contribution < -0.4 is 0 Å². The van der Waals surface area contributed by atoms with Gasteiger partial charge in [0, 0.05) is 17.7 Å². The Balaban J connectivity index is 1.77. The van der Waals surface area contributed by atoms with Gasteiger partial charge in [0.25, 0.3) is 11.8 Å². The molecule has 1 atom stereocenters. The minimum atomic E-state index is -0.189. The number of fused-ring (bicyclic) bond motifs is 1. The number of imide groups is 1. The topological polar surface area (TPSA) is 37.4 Å². The predicted molar refractivity (Wildman–Crippen MR) is 102 cm³/mol. The Morgan fingerprint density at radius 3 is 2.17 bits per heavy atom. The minimum absolute atomic E-state index is 0.101. The van der Waals surface area contributed by atoms with E-state index in [1.165, 1.54) is 43.4 Å². The molecule has 1 aromatic carbocycles. The summed E-state index contributed by atoms with van der Waals surface area (Å²) in [5.41, 5.74) is 1.02. The molecule has 1 aliphatic heterocycles. The summed E-state index contributed by atoms with van der Waals surface area (Å²) in [5, 5.41) is 0.101. The summed E-state index contributed by atoms with van der Waals surface area (Å²) >= 11 is 7.84. The Bertz CT molecular complexity index is 529. The molecular weight excluding hydrogens is 342 g/mol. The van der Waals surface area contributed by atoms with Crippen LogP contribution in [0.3, 0.4) is 0 Å². The van der Waals surface area contributed by atoms with E-state index in [1.54, 1.807) is 36.0 Å². The minimum Gasteiger partial charge on any atom is -0.273 e. The van der Waals surface area contributed by atoms with Gasteiger partial charge in [0.05, 0.1) is 11.1 Å². The Morgan fingerprint density at radius 1 is 1.00 bits per heavy atom. The van der Waals surface area contributed by atoms with E-state index in [-0.39, 0.29) is 17.1 Å². The van der Waals surface area contributed by atoms with Crippen LogP contribution in [-0.2, 0) is 0 Å². The number of hydrogen-bond donors (Lipinski definition) is 0. The van der Waals surface area contributed by atoms with Gasteiger partial charge in [0.2, 0.25) is 0 Å². The van der Waals surface area contributed by atoms with Crippen molar-refractivity contribution >= 4 is 35.2 Å². The molecule has 0 saturated carbocycles. The van der Waals surface area contributed by atoms with Crippen molar-refractivity contribution in [3.8, 4) is 0 Å². The molecule has 0 radical (unpaired) electrons. The van der Waals surface area contributed by atoms with Crippen LogP contribution in [0.1, 0.15) is 66.2 Å². The number of nitrogens with zero attached hydrogens (tertiary/aromatic N) is 1. The molecule has 132 valence electrons. The third-order valence-electron chi connectivity index (χ3n) is 4.29. The van der Waals surface area contributed by atoms with Gasteiger partial charge < -0.3 is 0 Å². The van der Waals surface area contributed by atoms with E-state index < -0.39 is 0 Å². The van der Waals surface area contributed by atoms with Gasteiger partial charge in [-0.05, 0) is 24.3 Å². The van der Waals surface area contributed by atoms with E-state index in [0.717, 1.165) is 5.75 Å². The predicted octanol–water partition coefficient (Wildman–Crippen LogP) is 4.98. The maximum atomic E-state index is 12.4. The summed E-state index contributed by atoms with van der Waals surface area (Å²) < 4.78 is 0. The molecule has 24 heavy (non-hydrogen) atoms. The number of unbranched alkanes of at least 4 members (excludes halogenated alkanes) is 5. The highest BCUT2D eigenvalue weighted by Gasteiger charge is 2.36. The first-order valence-corrected chi connectivity index (χ1v) is 10.4. The molecule has 0 N–H and O–H groups in total. The molecule has 0 aromatic heterocycles. The number of carbonyl (C=O) groups is 2. The van der Waals surface area contributed by atoms with Gasteiger partial charge in [-0.15, -0.1) is 11.6 Å². The molecule has 1 heterocycles. The highest BCUT2D eigenvalue weighted by Crippen LogP contribution is 2.25. The van der Waals surface area contributed by atoms with Crippen LogP contribution in [0.4, 0.5) is 0 Å². The normalized spacial score (nSPS) is 15.0. The molecule has 0 fully saturated rings. The van der Waals surface area contributed by atoms with E-state index in [2.05, 4.69) is 6.92 Å². The average molecular weight is 368 g/mol. The van der Waals surface area contributed by atoms with E-state index in [0.29, 0.717) is 23.6 Å². The fourth-order valence-electron chi connectivity index (χ4n) is 2.89. The van der Waals surface area contributed by atoms with Crippen LogP contribution >= 0.6 is 23.4 Å². The van der Waals surface area contributed by atoms with E-state index >= 15 is 0 Å². The fraction of sp³-hybridized carbons (Fsp3) is 0.579. The number of halogens is 1. The zero-order valence-electron chi connectivity index (χ0n) is 14.3. The summed E-state index contributed by atoms with van der Waals surface area (Å²) in [4.78, 5) is 26.1. The lowest BCUT2D eigenvalue weighted by Gasteiger charge is -2.20. The fourth-order valence-corrected chi connectivity index (χ4v) is 4.30. The van der Waals surface area contributed by atoms with E-state index in [1.807, 2.05) is 0 Å². The van der Waals surface area contributed by atoms with Crippen LogP contribution in [0.25, 0.3) is 0 Å². The summed E-state index contributed by atoms with van der Waals surface area (Å²) in [6.45, 7) is 2.62. The van der Waals surface area contributed by atoms with Crippen LogP contribution in [-0.4, -0.2) is 40.1 Å². The second-order valence-corrected chi connectivity index (χ2v) is 7.90. The van der Waals surface area contributed by atoms with Crippen LogP contribution in [0.5, 0.6) is 0 Å². The van der Waals surface area contributed by atoms with Crippen molar-refractivity contribution < 1.29 is 9.59 Å². The average Bonchev–Trinajstić information content (AvgIpc) is 2.85. The Labute approximate surface area is 154 Å². The largest absolute Gasteiger partial charge is 0.273 e. The van der Waals surface area contributed by atoms with Crippen LogP contribution in [0.2, 0.25) is 0 Å². The first kappa shape index (κ1) is 19.3. The molecule has 0 bridgehead atoms. The van der Waals surface area contributed by atoms with Crippen molar-refractivity contribution in [3.63, 3.8) is 0 Å². The lowest BCUT2D eigenvalue weighted by atomic mass is 10.1. The zero-order valence-corrected chi connectivity index (χ0v) is 15.9. The standard InChI is InChI=1S/C19H26ClNO2S/c1-2-3-4-5-6-9-12-24-15(13-20)14-21-18(22)16-10-7-8-11-17(16)19(21)23/h7-8,10-11,15H,2-6,9,12-14H2,1H3. The first-order chi connectivity index (χ1) is 11.7. The number of benzene rings is 1. The highest BCUT2D eigenvalue weighted by atomic mass is 35.5. The molecule has 0 saturated heterocycles. The van der Waals surface area contributed by atoms with Crippen molar-refractivity contribution in [2.75, 3.05) is 18.2 Å². The highest BCUT2D eigenvalue weighted by molar-refractivity contribution is 8.00. The second-order valence-electron chi connectivity index (χ2n) is 6.18. The molecule has 1 aromatic rings. The van der Waals surface area contributed by atoms with Crippen molar-refractivity contribution in [2.24, 2.45) is 0 Å². The van der Waals surface area contributed by atoms with Crippen molar-refractivity contribution in [2.45, 2.75) is 50.7 Å². The number of carbonyl (C=O) groups excluding carboxylic acids is 2. The smallest absolute Gasteiger partial charge is 0.261 e. The number of alkyl halides is 1. The number of amides is 2. The second kappa shape index (κ2) is 10.1. The van der Waals surface area contributed by atoms with Crippen LogP contribution in [0.15, 0.2) is 24.3 Å². The molecule has 0 spiro atoms. The maximum absolute atomic E-state index is 12.4.